The summed E-state index contributed by atoms with van der Waals surface area (Å²) in [4.78, 5) is 2.23. The summed E-state index contributed by atoms with van der Waals surface area (Å²) in [5, 5.41) is 17.2. The smallest absolute Gasteiger partial charge is 0.119 e. The van der Waals surface area contributed by atoms with Crippen molar-refractivity contribution < 1.29 is 4.74 Å². The first kappa shape index (κ1) is 16.0. The molecular weight excluding hydrogens is 250 g/mol. The lowest BCUT2D eigenvalue weighted by atomic mass is 10.2. The molecule has 0 aliphatic carbocycles. The second-order valence-electron chi connectivity index (χ2n) is 4.87. The van der Waals surface area contributed by atoms with Crippen LogP contribution in [0, 0.1) is 22.7 Å². The van der Waals surface area contributed by atoms with Crippen LogP contribution in [0.15, 0.2) is 24.3 Å². The van der Waals surface area contributed by atoms with Crippen molar-refractivity contribution in [1.82, 2.24) is 4.90 Å². The van der Waals surface area contributed by atoms with Gasteiger partial charge in [0, 0.05) is 25.6 Å². The molecule has 0 N–H and O–H groups in total. The van der Waals surface area contributed by atoms with E-state index in [0.717, 1.165) is 24.4 Å². The van der Waals surface area contributed by atoms with E-state index in [1.807, 2.05) is 24.3 Å². The van der Waals surface area contributed by atoms with Crippen LogP contribution < -0.4 is 4.74 Å². The van der Waals surface area contributed by atoms with Crippen molar-refractivity contribution >= 4 is 0 Å². The van der Waals surface area contributed by atoms with Crippen LogP contribution in [0.4, 0.5) is 0 Å². The molecule has 0 heterocycles. The second kappa shape index (κ2) is 8.96. The molecule has 0 amide bonds. The number of ether oxygens (including phenoxy) is 1. The Morgan fingerprint density at radius 2 is 1.80 bits per heavy atom. The van der Waals surface area contributed by atoms with Gasteiger partial charge in [-0.2, -0.15) is 10.5 Å². The lowest BCUT2D eigenvalue weighted by Gasteiger charge is -2.25. The first-order chi connectivity index (χ1) is 9.67. The van der Waals surface area contributed by atoms with Crippen LogP contribution in [0.2, 0.25) is 0 Å². The summed E-state index contributed by atoms with van der Waals surface area (Å²) >= 11 is 0. The minimum absolute atomic E-state index is 0.407. The first-order valence-corrected chi connectivity index (χ1v) is 6.87. The Bertz CT molecular complexity index is 468. The molecule has 0 saturated carbocycles. The Morgan fingerprint density at radius 3 is 2.35 bits per heavy atom. The normalized spacial score (nSPS) is 10.3. The summed E-state index contributed by atoms with van der Waals surface area (Å²) in [6.45, 7) is 6.42. The molecule has 4 nitrogen and oxygen atoms in total. The zero-order valence-corrected chi connectivity index (χ0v) is 12.2. The minimum atomic E-state index is 0.407. The first-order valence-electron chi connectivity index (χ1n) is 6.87. The van der Waals surface area contributed by atoms with Gasteiger partial charge in [-0.3, -0.25) is 4.90 Å². The second-order valence-corrected chi connectivity index (χ2v) is 4.87. The van der Waals surface area contributed by atoms with E-state index in [4.69, 9.17) is 15.3 Å². The summed E-state index contributed by atoms with van der Waals surface area (Å²) in [5.74, 6) is 0.815. The predicted octanol–water partition coefficient (Wildman–Crippen LogP) is 2.76. The monoisotopic (exact) mass is 271 g/mol. The molecule has 0 aromatic heterocycles. The number of benzene rings is 1. The topological polar surface area (TPSA) is 60.1 Å². The average Bonchev–Trinajstić information content (AvgIpc) is 2.44. The van der Waals surface area contributed by atoms with Gasteiger partial charge in [0.05, 0.1) is 18.6 Å². The molecule has 0 fully saturated rings. The molecule has 1 aromatic rings. The SMILES string of the molecule is CC(C)N(CCC#N)CCOc1ccc(CC#N)cc1. The molecule has 0 spiro atoms. The Hall–Kier alpha value is -2.04. The Balaban J connectivity index is 2.38. The van der Waals surface area contributed by atoms with Crippen molar-refractivity contribution in [2.75, 3.05) is 19.7 Å². The third kappa shape index (κ3) is 5.73. The fraction of sp³-hybridized carbons (Fsp3) is 0.500. The van der Waals surface area contributed by atoms with E-state index in [0.29, 0.717) is 25.5 Å². The van der Waals surface area contributed by atoms with E-state index >= 15 is 0 Å². The molecule has 0 saturated heterocycles. The van der Waals surface area contributed by atoms with Crippen LogP contribution in [0.25, 0.3) is 0 Å². The standard InChI is InChI=1S/C16H21N3O/c1-14(2)19(11-3-9-17)12-13-20-16-6-4-15(5-7-16)8-10-18/h4-7,14H,3,8,11-13H2,1-2H3. The summed E-state index contributed by atoms with van der Waals surface area (Å²) in [6.07, 6.45) is 0.969. The predicted molar refractivity (Wildman–Crippen MR) is 78.2 cm³/mol. The number of nitrogens with zero attached hydrogens (tertiary/aromatic N) is 3. The summed E-state index contributed by atoms with van der Waals surface area (Å²) in [6, 6.07) is 12.3. The van der Waals surface area contributed by atoms with Crippen molar-refractivity contribution in [3.63, 3.8) is 0 Å². The van der Waals surface area contributed by atoms with Crippen molar-refractivity contribution in [2.45, 2.75) is 32.7 Å². The maximum Gasteiger partial charge on any atom is 0.119 e. The van der Waals surface area contributed by atoms with Gasteiger partial charge in [0.15, 0.2) is 0 Å². The van der Waals surface area contributed by atoms with Gasteiger partial charge in [0.2, 0.25) is 0 Å². The van der Waals surface area contributed by atoms with Gasteiger partial charge in [0.1, 0.15) is 12.4 Å². The van der Waals surface area contributed by atoms with Gasteiger partial charge in [-0.25, -0.2) is 0 Å². The van der Waals surface area contributed by atoms with Crippen LogP contribution in [-0.4, -0.2) is 30.6 Å². The van der Waals surface area contributed by atoms with E-state index in [-0.39, 0.29) is 0 Å². The van der Waals surface area contributed by atoms with Crippen molar-refractivity contribution in [3.8, 4) is 17.9 Å². The maximum atomic E-state index is 8.64. The Kier molecular flexibility index (Phi) is 7.17. The summed E-state index contributed by atoms with van der Waals surface area (Å²) in [7, 11) is 0. The molecular formula is C16H21N3O. The highest BCUT2D eigenvalue weighted by atomic mass is 16.5. The van der Waals surface area contributed by atoms with Gasteiger partial charge in [-0.05, 0) is 31.5 Å². The van der Waals surface area contributed by atoms with Crippen LogP contribution in [0.1, 0.15) is 25.8 Å². The van der Waals surface area contributed by atoms with Crippen LogP contribution >= 0.6 is 0 Å². The molecule has 0 atom stereocenters. The van der Waals surface area contributed by atoms with Crippen molar-refractivity contribution in [3.05, 3.63) is 29.8 Å². The fourth-order valence-corrected chi connectivity index (χ4v) is 1.90. The quantitative estimate of drug-likeness (QED) is 0.729. The minimum Gasteiger partial charge on any atom is -0.492 e. The fourth-order valence-electron chi connectivity index (χ4n) is 1.90. The third-order valence-electron chi connectivity index (χ3n) is 3.09. The number of nitriles is 2. The highest BCUT2D eigenvalue weighted by Crippen LogP contribution is 2.12. The Labute approximate surface area is 121 Å². The van der Waals surface area contributed by atoms with Gasteiger partial charge in [-0.1, -0.05) is 12.1 Å². The van der Waals surface area contributed by atoms with E-state index in [1.165, 1.54) is 0 Å². The highest BCUT2D eigenvalue weighted by molar-refractivity contribution is 5.28. The Morgan fingerprint density at radius 1 is 1.10 bits per heavy atom. The molecule has 1 rings (SSSR count). The molecule has 106 valence electrons. The molecule has 4 heteroatoms. The van der Waals surface area contributed by atoms with Crippen LogP contribution in [0.5, 0.6) is 5.75 Å². The molecule has 0 aliphatic heterocycles. The number of hydrogen-bond acceptors (Lipinski definition) is 4. The molecule has 0 aliphatic rings. The van der Waals surface area contributed by atoms with Gasteiger partial charge < -0.3 is 4.74 Å². The van der Waals surface area contributed by atoms with E-state index in [9.17, 15) is 0 Å². The maximum absolute atomic E-state index is 8.64. The summed E-state index contributed by atoms with van der Waals surface area (Å²) < 4.78 is 5.69. The molecule has 0 radical (unpaired) electrons. The number of rotatable bonds is 8. The lowest BCUT2D eigenvalue weighted by molar-refractivity contribution is 0.179. The van der Waals surface area contributed by atoms with Gasteiger partial charge >= 0.3 is 0 Å². The molecule has 1 aromatic carbocycles. The van der Waals surface area contributed by atoms with E-state index in [2.05, 4.69) is 30.9 Å². The number of hydrogen-bond donors (Lipinski definition) is 0. The molecule has 0 unspecified atom stereocenters. The molecule has 0 bridgehead atoms. The average molecular weight is 271 g/mol. The highest BCUT2D eigenvalue weighted by Gasteiger charge is 2.08. The molecule has 20 heavy (non-hydrogen) atoms. The largest absolute Gasteiger partial charge is 0.492 e. The van der Waals surface area contributed by atoms with E-state index < -0.39 is 0 Å². The third-order valence-corrected chi connectivity index (χ3v) is 3.09. The van der Waals surface area contributed by atoms with Gasteiger partial charge in [-0.15, -0.1) is 0 Å². The van der Waals surface area contributed by atoms with E-state index in [1.54, 1.807) is 0 Å². The van der Waals surface area contributed by atoms with Crippen LogP contribution in [0.3, 0.4) is 0 Å². The van der Waals surface area contributed by atoms with Crippen molar-refractivity contribution in [1.29, 1.82) is 10.5 Å². The van der Waals surface area contributed by atoms with Crippen LogP contribution in [-0.2, 0) is 6.42 Å². The zero-order valence-electron chi connectivity index (χ0n) is 12.2. The zero-order chi connectivity index (χ0) is 14.8. The van der Waals surface area contributed by atoms with Gasteiger partial charge in [0.25, 0.3) is 0 Å². The lowest BCUT2D eigenvalue weighted by Crippen LogP contribution is -2.35. The van der Waals surface area contributed by atoms with Crippen molar-refractivity contribution in [2.24, 2.45) is 0 Å². The summed E-state index contributed by atoms with van der Waals surface area (Å²) in [5.41, 5.74) is 0.998.